The van der Waals surface area contributed by atoms with E-state index >= 15 is 0 Å². The van der Waals surface area contributed by atoms with E-state index in [0.717, 1.165) is 0 Å². The standard InChI is InChI=1S/C23H30F3N3O4/c1-13(2)17(19(30)23(24,25)26)27-21(32)16-11-8-12-29(16)22(33)18(14(3)4)28-20(31)15-9-6-5-7-10-15/h5-7,9-10,13-14,16-18H,8,11-12H2,1-4H3,(H,27,32)(H,28,31)/t16-,17?,18-/m0/s1. The summed E-state index contributed by atoms with van der Waals surface area (Å²) in [5.41, 5.74) is 0.372. The molecule has 0 radical (unpaired) electrons. The Kier molecular flexibility index (Phi) is 8.63. The summed E-state index contributed by atoms with van der Waals surface area (Å²) < 4.78 is 38.8. The third-order valence-corrected chi connectivity index (χ3v) is 5.62. The molecule has 0 spiro atoms. The molecule has 1 fully saturated rings. The van der Waals surface area contributed by atoms with E-state index in [2.05, 4.69) is 10.6 Å². The Morgan fingerprint density at radius 3 is 2.03 bits per heavy atom. The first-order valence-corrected chi connectivity index (χ1v) is 10.9. The zero-order chi connectivity index (χ0) is 24.9. The molecule has 7 nitrogen and oxygen atoms in total. The second kappa shape index (κ2) is 10.8. The lowest BCUT2D eigenvalue weighted by molar-refractivity contribution is -0.175. The van der Waals surface area contributed by atoms with Gasteiger partial charge in [-0.1, -0.05) is 45.9 Å². The molecule has 2 N–H and O–H groups in total. The molecule has 1 aliphatic heterocycles. The van der Waals surface area contributed by atoms with Gasteiger partial charge in [0.25, 0.3) is 11.7 Å². The normalized spacial score (nSPS) is 18.2. The van der Waals surface area contributed by atoms with Crippen LogP contribution in [-0.2, 0) is 14.4 Å². The number of hydrogen-bond donors (Lipinski definition) is 2. The summed E-state index contributed by atoms with van der Waals surface area (Å²) in [4.78, 5) is 51.7. The SMILES string of the molecule is CC(C)C(NC(=O)[C@@H]1CCCN1C(=O)[C@@H](NC(=O)c1ccccc1)C(C)C)C(=O)C(F)(F)F. The van der Waals surface area contributed by atoms with Gasteiger partial charge < -0.3 is 15.5 Å². The number of hydrogen-bond acceptors (Lipinski definition) is 4. The molecule has 1 aliphatic rings. The van der Waals surface area contributed by atoms with Crippen LogP contribution in [0, 0.1) is 11.8 Å². The van der Waals surface area contributed by atoms with Crippen LogP contribution in [0.2, 0.25) is 0 Å². The molecule has 1 heterocycles. The first-order valence-electron chi connectivity index (χ1n) is 10.9. The van der Waals surface area contributed by atoms with Gasteiger partial charge in [-0.25, -0.2) is 0 Å². The van der Waals surface area contributed by atoms with Crippen molar-refractivity contribution in [2.24, 2.45) is 11.8 Å². The lowest BCUT2D eigenvalue weighted by Gasteiger charge is -2.32. The first-order chi connectivity index (χ1) is 15.3. The van der Waals surface area contributed by atoms with Crippen LogP contribution >= 0.6 is 0 Å². The molecule has 0 saturated carbocycles. The smallest absolute Gasteiger partial charge is 0.344 e. The van der Waals surface area contributed by atoms with Crippen molar-refractivity contribution in [3.8, 4) is 0 Å². The fourth-order valence-electron chi connectivity index (χ4n) is 3.77. The van der Waals surface area contributed by atoms with Crippen molar-refractivity contribution in [3.63, 3.8) is 0 Å². The lowest BCUT2D eigenvalue weighted by atomic mass is 9.98. The highest BCUT2D eigenvalue weighted by Crippen LogP contribution is 2.24. The summed E-state index contributed by atoms with van der Waals surface area (Å²) in [7, 11) is 0. The average molecular weight is 470 g/mol. The van der Waals surface area contributed by atoms with Gasteiger partial charge in [0.15, 0.2) is 0 Å². The van der Waals surface area contributed by atoms with Gasteiger partial charge in [0.2, 0.25) is 11.8 Å². The van der Waals surface area contributed by atoms with Crippen LogP contribution in [0.3, 0.4) is 0 Å². The minimum atomic E-state index is -5.09. The van der Waals surface area contributed by atoms with Gasteiger partial charge in [0.05, 0.1) is 6.04 Å². The van der Waals surface area contributed by atoms with E-state index in [0.29, 0.717) is 12.0 Å². The van der Waals surface area contributed by atoms with Crippen LogP contribution in [0.15, 0.2) is 30.3 Å². The van der Waals surface area contributed by atoms with Gasteiger partial charge in [0, 0.05) is 12.1 Å². The van der Waals surface area contributed by atoms with Crippen LogP contribution in [0.1, 0.15) is 50.9 Å². The number of nitrogens with one attached hydrogen (secondary N) is 2. The number of rotatable bonds is 8. The number of Topliss-reactive ketones (excluding diaryl/α,β-unsaturated/α-hetero) is 1. The Bertz CT molecular complexity index is 871. The number of halogens is 3. The summed E-state index contributed by atoms with van der Waals surface area (Å²) in [6.45, 7) is 6.52. The van der Waals surface area contributed by atoms with E-state index in [1.165, 1.54) is 18.7 Å². The van der Waals surface area contributed by atoms with Crippen molar-refractivity contribution in [3.05, 3.63) is 35.9 Å². The molecule has 10 heteroatoms. The molecule has 2 rings (SSSR count). The third-order valence-electron chi connectivity index (χ3n) is 5.62. The van der Waals surface area contributed by atoms with Gasteiger partial charge in [-0.2, -0.15) is 13.2 Å². The Labute approximate surface area is 191 Å². The van der Waals surface area contributed by atoms with Crippen molar-refractivity contribution in [1.82, 2.24) is 15.5 Å². The third kappa shape index (κ3) is 6.55. The highest BCUT2D eigenvalue weighted by molar-refractivity contribution is 5.99. The maximum absolute atomic E-state index is 13.3. The number of ketones is 1. The second-order valence-electron chi connectivity index (χ2n) is 8.84. The predicted octanol–water partition coefficient (Wildman–Crippen LogP) is 2.70. The number of likely N-dealkylation sites (tertiary alicyclic amines) is 1. The Morgan fingerprint density at radius 1 is 0.939 bits per heavy atom. The summed E-state index contributed by atoms with van der Waals surface area (Å²) in [5, 5.41) is 4.90. The summed E-state index contributed by atoms with van der Waals surface area (Å²) in [6.07, 6.45) is -4.36. The molecule has 182 valence electrons. The molecule has 1 unspecified atom stereocenters. The Balaban J connectivity index is 2.17. The molecule has 3 amide bonds. The largest absolute Gasteiger partial charge is 0.452 e. The van der Waals surface area contributed by atoms with Crippen LogP contribution in [0.25, 0.3) is 0 Å². The van der Waals surface area contributed by atoms with E-state index in [1.807, 2.05) is 0 Å². The van der Waals surface area contributed by atoms with Crippen LogP contribution in [0.5, 0.6) is 0 Å². The molecular weight excluding hydrogens is 439 g/mol. The predicted molar refractivity (Wildman–Crippen MR) is 115 cm³/mol. The maximum Gasteiger partial charge on any atom is 0.452 e. The molecule has 1 saturated heterocycles. The van der Waals surface area contributed by atoms with E-state index in [4.69, 9.17) is 0 Å². The van der Waals surface area contributed by atoms with Crippen molar-refractivity contribution < 1.29 is 32.3 Å². The van der Waals surface area contributed by atoms with E-state index in [1.54, 1.807) is 44.2 Å². The second-order valence-corrected chi connectivity index (χ2v) is 8.84. The fraction of sp³-hybridized carbons (Fsp3) is 0.565. The maximum atomic E-state index is 13.3. The molecule has 3 atom stereocenters. The van der Waals surface area contributed by atoms with Crippen molar-refractivity contribution >= 4 is 23.5 Å². The van der Waals surface area contributed by atoms with Crippen LogP contribution in [-0.4, -0.2) is 59.3 Å². The summed E-state index contributed by atoms with van der Waals surface area (Å²) in [6, 6.07) is 4.65. The molecular formula is C23H30F3N3O4. The summed E-state index contributed by atoms with van der Waals surface area (Å²) in [5.74, 6) is -4.87. The number of amides is 3. The summed E-state index contributed by atoms with van der Waals surface area (Å²) >= 11 is 0. The minimum Gasteiger partial charge on any atom is -0.344 e. The van der Waals surface area contributed by atoms with Crippen molar-refractivity contribution in [2.45, 2.75) is 64.8 Å². The molecule has 0 aliphatic carbocycles. The molecule has 0 aromatic heterocycles. The Morgan fingerprint density at radius 2 is 1.52 bits per heavy atom. The van der Waals surface area contributed by atoms with Gasteiger partial charge in [-0.15, -0.1) is 0 Å². The van der Waals surface area contributed by atoms with Crippen molar-refractivity contribution in [2.75, 3.05) is 6.54 Å². The number of nitrogens with zero attached hydrogens (tertiary/aromatic N) is 1. The zero-order valence-electron chi connectivity index (χ0n) is 19.1. The molecule has 0 bridgehead atoms. The van der Waals surface area contributed by atoms with Gasteiger partial charge in [0.1, 0.15) is 12.1 Å². The lowest BCUT2D eigenvalue weighted by Crippen LogP contribution is -2.58. The van der Waals surface area contributed by atoms with Gasteiger partial charge >= 0.3 is 6.18 Å². The van der Waals surface area contributed by atoms with Crippen LogP contribution < -0.4 is 10.6 Å². The molecule has 1 aromatic carbocycles. The van der Waals surface area contributed by atoms with E-state index in [-0.39, 0.29) is 18.9 Å². The fourth-order valence-corrected chi connectivity index (χ4v) is 3.77. The Hall–Kier alpha value is -2.91. The first kappa shape index (κ1) is 26.3. The zero-order valence-corrected chi connectivity index (χ0v) is 19.1. The average Bonchev–Trinajstić information content (AvgIpc) is 3.24. The molecule has 1 aromatic rings. The number of carbonyl (C=O) groups is 4. The van der Waals surface area contributed by atoms with Gasteiger partial charge in [-0.05, 0) is 36.8 Å². The number of carbonyl (C=O) groups excluding carboxylic acids is 4. The highest BCUT2D eigenvalue weighted by atomic mass is 19.4. The monoisotopic (exact) mass is 469 g/mol. The van der Waals surface area contributed by atoms with E-state index in [9.17, 15) is 32.3 Å². The number of alkyl halides is 3. The van der Waals surface area contributed by atoms with Gasteiger partial charge in [-0.3, -0.25) is 19.2 Å². The van der Waals surface area contributed by atoms with Crippen LogP contribution in [0.4, 0.5) is 13.2 Å². The molecule has 33 heavy (non-hydrogen) atoms. The topological polar surface area (TPSA) is 95.6 Å². The number of benzene rings is 1. The minimum absolute atomic E-state index is 0.223. The van der Waals surface area contributed by atoms with E-state index < -0.39 is 53.7 Å². The highest BCUT2D eigenvalue weighted by Gasteiger charge is 2.46. The quantitative estimate of drug-likeness (QED) is 0.612. The van der Waals surface area contributed by atoms with Crippen molar-refractivity contribution in [1.29, 1.82) is 0 Å².